The molecule has 0 aliphatic carbocycles. The lowest BCUT2D eigenvalue weighted by Gasteiger charge is -2.08. The van der Waals surface area contributed by atoms with E-state index < -0.39 is 6.04 Å². The molecule has 5 nitrogen and oxygen atoms in total. The Morgan fingerprint density at radius 3 is 2.47 bits per heavy atom. The molecule has 0 radical (unpaired) electrons. The lowest BCUT2D eigenvalue weighted by Crippen LogP contribution is -2.41. The quantitative estimate of drug-likeness (QED) is 0.742. The van der Waals surface area contributed by atoms with Crippen LogP contribution in [-0.2, 0) is 9.59 Å². The Morgan fingerprint density at radius 1 is 1.35 bits per heavy atom. The fraction of sp³-hybridized carbons (Fsp3) is 0.273. The highest BCUT2D eigenvalue weighted by atomic mass is 35.5. The van der Waals surface area contributed by atoms with E-state index in [-0.39, 0.29) is 18.4 Å². The third kappa shape index (κ3) is 4.84. The van der Waals surface area contributed by atoms with Crippen LogP contribution in [0.4, 0.5) is 5.69 Å². The van der Waals surface area contributed by atoms with E-state index in [9.17, 15) is 9.59 Å². The van der Waals surface area contributed by atoms with Crippen molar-refractivity contribution in [3.05, 3.63) is 29.3 Å². The largest absolute Gasteiger partial charge is 0.346 e. The van der Waals surface area contributed by atoms with E-state index in [1.165, 1.54) is 0 Å². The van der Waals surface area contributed by atoms with Gasteiger partial charge in [0.05, 0.1) is 12.6 Å². The lowest BCUT2D eigenvalue weighted by atomic mass is 10.3. The summed E-state index contributed by atoms with van der Waals surface area (Å²) in [6.07, 6.45) is 0. The maximum absolute atomic E-state index is 11.4. The predicted molar refractivity (Wildman–Crippen MR) is 66.7 cm³/mol. The first-order valence-corrected chi connectivity index (χ1v) is 5.45. The van der Waals surface area contributed by atoms with E-state index in [2.05, 4.69) is 10.6 Å². The molecular weight excluding hydrogens is 242 g/mol. The molecule has 1 aromatic rings. The number of amides is 2. The Morgan fingerprint density at radius 2 is 1.94 bits per heavy atom. The number of anilines is 1. The number of hydrogen-bond donors (Lipinski definition) is 3. The minimum Gasteiger partial charge on any atom is -0.346 e. The molecule has 0 saturated heterocycles. The smallest absolute Gasteiger partial charge is 0.243 e. The first-order valence-electron chi connectivity index (χ1n) is 5.08. The maximum Gasteiger partial charge on any atom is 0.243 e. The zero-order chi connectivity index (χ0) is 12.8. The zero-order valence-electron chi connectivity index (χ0n) is 9.37. The van der Waals surface area contributed by atoms with Crippen molar-refractivity contribution in [2.24, 2.45) is 5.73 Å². The second kappa shape index (κ2) is 6.22. The minimum absolute atomic E-state index is 0.108. The summed E-state index contributed by atoms with van der Waals surface area (Å²) in [5.41, 5.74) is 5.95. The number of hydrogen-bond acceptors (Lipinski definition) is 3. The summed E-state index contributed by atoms with van der Waals surface area (Å²) in [6, 6.07) is 6.05. The molecule has 1 atom stereocenters. The molecule has 0 spiro atoms. The van der Waals surface area contributed by atoms with Gasteiger partial charge in [0.2, 0.25) is 11.8 Å². The lowest BCUT2D eigenvalue weighted by molar-refractivity contribution is -0.124. The number of nitrogens with one attached hydrogen (secondary N) is 2. The molecule has 0 bridgehead atoms. The van der Waals surface area contributed by atoms with Crippen molar-refractivity contribution in [1.82, 2.24) is 5.32 Å². The molecule has 17 heavy (non-hydrogen) atoms. The first-order chi connectivity index (χ1) is 7.99. The van der Waals surface area contributed by atoms with Gasteiger partial charge in [-0.1, -0.05) is 11.6 Å². The average molecular weight is 256 g/mol. The highest BCUT2D eigenvalue weighted by Crippen LogP contribution is 2.12. The number of carbonyl (C=O) groups excluding carboxylic acids is 2. The van der Waals surface area contributed by atoms with Crippen LogP contribution in [0.5, 0.6) is 0 Å². The van der Waals surface area contributed by atoms with Gasteiger partial charge in [-0.25, -0.2) is 0 Å². The molecule has 0 aliphatic rings. The van der Waals surface area contributed by atoms with Crippen LogP contribution >= 0.6 is 11.6 Å². The van der Waals surface area contributed by atoms with Gasteiger partial charge in [0.1, 0.15) is 0 Å². The van der Waals surface area contributed by atoms with Crippen molar-refractivity contribution < 1.29 is 9.59 Å². The fourth-order valence-electron chi connectivity index (χ4n) is 1.07. The summed E-state index contributed by atoms with van der Waals surface area (Å²) in [5.74, 6) is -0.683. The number of nitrogens with two attached hydrogens (primary N) is 1. The summed E-state index contributed by atoms with van der Waals surface area (Å²) in [5, 5.41) is 5.61. The van der Waals surface area contributed by atoms with E-state index in [0.717, 1.165) is 0 Å². The number of benzene rings is 1. The van der Waals surface area contributed by atoms with Crippen LogP contribution in [0.1, 0.15) is 6.92 Å². The zero-order valence-corrected chi connectivity index (χ0v) is 10.1. The SMILES string of the molecule is C[C@H](N)C(=O)NCC(=O)Nc1ccc(Cl)cc1. The standard InChI is InChI=1S/C11H14ClN3O2/c1-7(13)11(17)14-6-10(16)15-9-4-2-8(12)3-5-9/h2-5,7H,6,13H2,1H3,(H,14,17)(H,15,16)/t7-/m0/s1. The van der Waals surface area contributed by atoms with Crippen LogP contribution in [0.15, 0.2) is 24.3 Å². The summed E-state index contributed by atoms with van der Waals surface area (Å²) < 4.78 is 0. The molecule has 1 rings (SSSR count). The Hall–Kier alpha value is -1.59. The van der Waals surface area contributed by atoms with E-state index >= 15 is 0 Å². The van der Waals surface area contributed by atoms with Gasteiger partial charge in [0.15, 0.2) is 0 Å². The second-order valence-corrected chi connectivity index (χ2v) is 4.00. The van der Waals surface area contributed by atoms with Crippen molar-refractivity contribution in [1.29, 1.82) is 0 Å². The van der Waals surface area contributed by atoms with Crippen LogP contribution in [-0.4, -0.2) is 24.4 Å². The van der Waals surface area contributed by atoms with Gasteiger partial charge in [0, 0.05) is 10.7 Å². The van der Waals surface area contributed by atoms with Gasteiger partial charge in [-0.2, -0.15) is 0 Å². The molecule has 1 aromatic carbocycles. The van der Waals surface area contributed by atoms with Crippen LogP contribution in [0.3, 0.4) is 0 Å². The van der Waals surface area contributed by atoms with Crippen molar-refractivity contribution in [2.75, 3.05) is 11.9 Å². The molecule has 0 saturated carbocycles. The third-order valence-corrected chi connectivity index (χ3v) is 2.22. The van der Waals surface area contributed by atoms with Crippen LogP contribution in [0, 0.1) is 0 Å². The maximum atomic E-state index is 11.4. The number of carbonyl (C=O) groups is 2. The number of halogens is 1. The molecule has 2 amide bonds. The minimum atomic E-state index is -0.627. The Kier molecular flexibility index (Phi) is 4.93. The first kappa shape index (κ1) is 13.5. The van der Waals surface area contributed by atoms with Gasteiger partial charge in [0.25, 0.3) is 0 Å². The van der Waals surface area contributed by atoms with Crippen molar-refractivity contribution in [3.63, 3.8) is 0 Å². The van der Waals surface area contributed by atoms with Crippen molar-refractivity contribution in [2.45, 2.75) is 13.0 Å². The Bertz CT molecular complexity index is 404. The normalized spacial score (nSPS) is 11.7. The van der Waals surface area contributed by atoms with Crippen LogP contribution < -0.4 is 16.4 Å². The van der Waals surface area contributed by atoms with E-state index in [0.29, 0.717) is 10.7 Å². The predicted octanol–water partition coefficient (Wildman–Crippen LogP) is 0.742. The molecule has 6 heteroatoms. The fourth-order valence-corrected chi connectivity index (χ4v) is 1.19. The van der Waals surface area contributed by atoms with Gasteiger partial charge >= 0.3 is 0 Å². The van der Waals surface area contributed by atoms with Crippen LogP contribution in [0.25, 0.3) is 0 Å². The second-order valence-electron chi connectivity index (χ2n) is 3.56. The van der Waals surface area contributed by atoms with Gasteiger partial charge < -0.3 is 16.4 Å². The highest BCUT2D eigenvalue weighted by Gasteiger charge is 2.09. The third-order valence-electron chi connectivity index (χ3n) is 1.96. The topological polar surface area (TPSA) is 84.2 Å². The van der Waals surface area contributed by atoms with Crippen molar-refractivity contribution >= 4 is 29.1 Å². The monoisotopic (exact) mass is 255 g/mol. The molecule has 0 fully saturated rings. The van der Waals surface area contributed by atoms with E-state index in [1.807, 2.05) is 0 Å². The summed E-state index contributed by atoms with van der Waals surface area (Å²) in [6.45, 7) is 1.44. The molecule has 0 aliphatic heterocycles. The molecule has 92 valence electrons. The van der Waals surface area contributed by atoms with E-state index in [1.54, 1.807) is 31.2 Å². The average Bonchev–Trinajstić information content (AvgIpc) is 2.29. The highest BCUT2D eigenvalue weighted by molar-refractivity contribution is 6.30. The van der Waals surface area contributed by atoms with Gasteiger partial charge in [-0.3, -0.25) is 9.59 Å². The van der Waals surface area contributed by atoms with E-state index in [4.69, 9.17) is 17.3 Å². The molecular formula is C11H14ClN3O2. The molecule has 0 unspecified atom stereocenters. The van der Waals surface area contributed by atoms with Crippen molar-refractivity contribution in [3.8, 4) is 0 Å². The Labute approximate surface area is 104 Å². The molecule has 0 aromatic heterocycles. The Balaban J connectivity index is 2.40. The van der Waals surface area contributed by atoms with Crippen LogP contribution in [0.2, 0.25) is 5.02 Å². The summed E-state index contributed by atoms with van der Waals surface area (Å²) in [7, 11) is 0. The molecule has 0 heterocycles. The van der Waals surface area contributed by atoms with Gasteiger partial charge in [-0.15, -0.1) is 0 Å². The molecule has 4 N–H and O–H groups in total. The number of rotatable bonds is 4. The van der Waals surface area contributed by atoms with Gasteiger partial charge in [-0.05, 0) is 31.2 Å². The summed E-state index contributed by atoms with van der Waals surface area (Å²) in [4.78, 5) is 22.5. The summed E-state index contributed by atoms with van der Waals surface area (Å²) >= 11 is 5.70.